The lowest BCUT2D eigenvalue weighted by Crippen LogP contribution is -2.71. The molecule has 4 atom stereocenters. The van der Waals surface area contributed by atoms with Crippen LogP contribution < -0.4 is 11.1 Å². The molecule has 3 aliphatic rings. The molecule has 8 nitrogen and oxygen atoms in total. The molecule has 9 heteroatoms. The number of hydrogen-bond acceptors (Lipinski definition) is 6. The monoisotopic (exact) mass is 431 g/mol. The number of carbonyl (C=O) groups excluding carboxylic acids is 2. The fourth-order valence-corrected chi connectivity index (χ4v) is 5.50. The topological polar surface area (TPSA) is 122 Å². The standard InChI is InChI=1S/C21H25N3O5S/c22-15(12-6-2-1-3-7-12)18(25)23-16-19(26)24-17(21(27)28)13(11-30-20(16)24)10-14-8-4-5-9-29-14/h1-3,6-7,14-16,20H,4-5,8-11,22H2,(H,23,25)(H,27,28)/t14?,15-,16-,20-/m1/s1. The fourth-order valence-electron chi connectivity index (χ4n) is 4.14. The molecular formula is C21H25N3O5S. The summed E-state index contributed by atoms with van der Waals surface area (Å²) in [7, 11) is 0. The summed E-state index contributed by atoms with van der Waals surface area (Å²) in [6.07, 6.45) is 3.50. The summed E-state index contributed by atoms with van der Waals surface area (Å²) >= 11 is 1.46. The predicted octanol–water partition coefficient (Wildman–Crippen LogP) is 1.38. The zero-order valence-corrected chi connectivity index (χ0v) is 17.3. The van der Waals surface area contributed by atoms with Gasteiger partial charge in [0.25, 0.3) is 5.91 Å². The first kappa shape index (κ1) is 20.9. The zero-order valence-electron chi connectivity index (χ0n) is 16.5. The normalized spacial score (nSPS) is 27.2. The van der Waals surface area contributed by atoms with E-state index >= 15 is 0 Å². The Hall–Kier alpha value is -2.36. The molecule has 2 amide bonds. The van der Waals surface area contributed by atoms with Crippen LogP contribution in [-0.4, -0.2) is 57.7 Å². The number of carboxylic acid groups (broad SMARTS) is 1. The molecule has 1 aromatic rings. The second-order valence-corrected chi connectivity index (χ2v) is 8.84. The molecule has 0 aliphatic carbocycles. The van der Waals surface area contributed by atoms with Crippen LogP contribution in [-0.2, 0) is 19.1 Å². The highest BCUT2D eigenvalue weighted by Gasteiger charge is 2.54. The van der Waals surface area contributed by atoms with E-state index in [0.29, 0.717) is 24.3 Å². The van der Waals surface area contributed by atoms with E-state index in [0.717, 1.165) is 24.8 Å². The summed E-state index contributed by atoms with van der Waals surface area (Å²) < 4.78 is 5.75. The second-order valence-electron chi connectivity index (χ2n) is 7.73. The Balaban J connectivity index is 1.46. The van der Waals surface area contributed by atoms with E-state index in [1.807, 2.05) is 6.07 Å². The van der Waals surface area contributed by atoms with E-state index in [9.17, 15) is 19.5 Å². The van der Waals surface area contributed by atoms with Gasteiger partial charge in [-0.2, -0.15) is 0 Å². The van der Waals surface area contributed by atoms with Crippen molar-refractivity contribution in [3.05, 3.63) is 47.2 Å². The number of benzene rings is 1. The number of thioether (sulfide) groups is 1. The molecule has 3 aliphatic heterocycles. The van der Waals surface area contributed by atoms with Crippen LogP contribution in [0.1, 0.15) is 37.3 Å². The summed E-state index contributed by atoms with van der Waals surface area (Å²) in [6.45, 7) is 0.689. The average Bonchev–Trinajstić information content (AvgIpc) is 2.77. The molecule has 1 aromatic carbocycles. The van der Waals surface area contributed by atoms with Gasteiger partial charge in [0.2, 0.25) is 5.91 Å². The van der Waals surface area contributed by atoms with E-state index in [1.54, 1.807) is 24.3 Å². The number of nitrogens with one attached hydrogen (secondary N) is 1. The number of ether oxygens (including phenoxy) is 1. The van der Waals surface area contributed by atoms with Crippen LogP contribution in [0.25, 0.3) is 0 Å². The van der Waals surface area contributed by atoms with Gasteiger partial charge in [-0.05, 0) is 36.8 Å². The number of fused-ring (bicyclic) bond motifs is 1. The van der Waals surface area contributed by atoms with Gasteiger partial charge in [-0.3, -0.25) is 14.5 Å². The third-order valence-electron chi connectivity index (χ3n) is 5.74. The first-order valence-electron chi connectivity index (χ1n) is 10.1. The van der Waals surface area contributed by atoms with Crippen molar-refractivity contribution in [2.45, 2.75) is 49.2 Å². The molecule has 0 saturated carbocycles. The van der Waals surface area contributed by atoms with Crippen molar-refractivity contribution in [3.63, 3.8) is 0 Å². The first-order valence-corrected chi connectivity index (χ1v) is 11.1. The molecule has 4 rings (SSSR count). The maximum Gasteiger partial charge on any atom is 0.352 e. The average molecular weight is 432 g/mol. The fraction of sp³-hybridized carbons (Fsp3) is 0.476. The van der Waals surface area contributed by atoms with Crippen molar-refractivity contribution >= 4 is 29.5 Å². The predicted molar refractivity (Wildman–Crippen MR) is 111 cm³/mol. The highest BCUT2D eigenvalue weighted by molar-refractivity contribution is 8.00. The lowest BCUT2D eigenvalue weighted by atomic mass is 9.97. The first-order chi connectivity index (χ1) is 14.5. The third kappa shape index (κ3) is 3.97. The van der Waals surface area contributed by atoms with Gasteiger partial charge < -0.3 is 20.9 Å². The van der Waals surface area contributed by atoms with Crippen LogP contribution in [0.5, 0.6) is 0 Å². The van der Waals surface area contributed by atoms with Crippen molar-refractivity contribution in [1.29, 1.82) is 0 Å². The largest absolute Gasteiger partial charge is 0.477 e. The summed E-state index contributed by atoms with van der Waals surface area (Å²) in [6, 6.07) is 7.23. The van der Waals surface area contributed by atoms with E-state index in [4.69, 9.17) is 10.5 Å². The minimum absolute atomic E-state index is 0.00370. The Morgan fingerprint density at radius 1 is 1.30 bits per heavy atom. The number of β-lactam (4-membered cyclic amide) rings is 1. The Kier molecular flexibility index (Phi) is 6.12. The van der Waals surface area contributed by atoms with Gasteiger partial charge in [-0.25, -0.2) is 4.79 Å². The van der Waals surface area contributed by atoms with Crippen molar-refractivity contribution in [1.82, 2.24) is 10.2 Å². The number of carboxylic acids is 1. The number of nitrogens with zero attached hydrogens (tertiary/aromatic N) is 1. The van der Waals surface area contributed by atoms with Gasteiger partial charge in [-0.1, -0.05) is 30.3 Å². The lowest BCUT2D eigenvalue weighted by Gasteiger charge is -2.50. The van der Waals surface area contributed by atoms with Gasteiger partial charge in [0.1, 0.15) is 23.2 Å². The third-order valence-corrected chi connectivity index (χ3v) is 7.08. The van der Waals surface area contributed by atoms with Crippen molar-refractivity contribution < 1.29 is 24.2 Å². The van der Waals surface area contributed by atoms with Crippen LogP contribution in [0.3, 0.4) is 0 Å². The Bertz CT molecular complexity index is 869. The van der Waals surface area contributed by atoms with Gasteiger partial charge in [-0.15, -0.1) is 11.8 Å². The smallest absolute Gasteiger partial charge is 0.352 e. The highest BCUT2D eigenvalue weighted by Crippen LogP contribution is 2.42. The van der Waals surface area contributed by atoms with Crippen molar-refractivity contribution in [3.8, 4) is 0 Å². The molecule has 0 spiro atoms. The van der Waals surface area contributed by atoms with E-state index in [1.165, 1.54) is 16.7 Å². The Morgan fingerprint density at radius 2 is 2.07 bits per heavy atom. The quantitative estimate of drug-likeness (QED) is 0.582. The van der Waals surface area contributed by atoms with Gasteiger partial charge in [0.15, 0.2) is 0 Å². The minimum atomic E-state index is -1.12. The molecule has 3 heterocycles. The van der Waals surface area contributed by atoms with E-state index in [-0.39, 0.29) is 11.8 Å². The lowest BCUT2D eigenvalue weighted by molar-refractivity contribution is -0.151. The molecule has 30 heavy (non-hydrogen) atoms. The molecule has 0 aromatic heterocycles. The summed E-state index contributed by atoms with van der Waals surface area (Å²) in [5.41, 5.74) is 7.42. The summed E-state index contributed by atoms with van der Waals surface area (Å²) in [4.78, 5) is 38.6. The van der Waals surface area contributed by atoms with Gasteiger partial charge in [0.05, 0.1) is 6.10 Å². The molecule has 1 unspecified atom stereocenters. The summed E-state index contributed by atoms with van der Waals surface area (Å²) in [5.74, 6) is -1.50. The van der Waals surface area contributed by atoms with Crippen LogP contribution in [0.4, 0.5) is 0 Å². The van der Waals surface area contributed by atoms with Gasteiger partial charge >= 0.3 is 5.97 Å². The number of amides is 2. The summed E-state index contributed by atoms with van der Waals surface area (Å²) in [5, 5.41) is 12.0. The van der Waals surface area contributed by atoms with Crippen molar-refractivity contribution in [2.24, 2.45) is 5.73 Å². The molecule has 2 saturated heterocycles. The van der Waals surface area contributed by atoms with E-state index < -0.39 is 35.2 Å². The number of hydrogen-bond donors (Lipinski definition) is 3. The molecule has 2 fully saturated rings. The minimum Gasteiger partial charge on any atom is -0.477 e. The second kappa shape index (κ2) is 8.79. The molecule has 0 bridgehead atoms. The molecule has 160 valence electrons. The van der Waals surface area contributed by atoms with Crippen LogP contribution in [0.2, 0.25) is 0 Å². The number of aliphatic carboxylic acids is 1. The molecule has 0 radical (unpaired) electrons. The Morgan fingerprint density at radius 3 is 2.73 bits per heavy atom. The van der Waals surface area contributed by atoms with Crippen LogP contribution in [0, 0.1) is 0 Å². The SMILES string of the molecule is N[C@@H](C(=O)N[C@@H]1C(=O)N2C(C(=O)O)=C(CC3CCCCO3)CS[C@H]12)c1ccccc1. The number of rotatable bonds is 6. The number of carbonyl (C=O) groups is 3. The molecule has 4 N–H and O–H groups in total. The maximum atomic E-state index is 12.8. The Labute approximate surface area is 178 Å². The van der Waals surface area contributed by atoms with Crippen molar-refractivity contribution in [2.75, 3.05) is 12.4 Å². The highest BCUT2D eigenvalue weighted by atomic mass is 32.2. The van der Waals surface area contributed by atoms with Gasteiger partial charge in [0, 0.05) is 12.4 Å². The maximum absolute atomic E-state index is 12.8. The van der Waals surface area contributed by atoms with E-state index in [2.05, 4.69) is 5.32 Å². The van der Waals surface area contributed by atoms with Crippen LogP contribution in [0.15, 0.2) is 41.6 Å². The van der Waals surface area contributed by atoms with Crippen LogP contribution >= 0.6 is 11.8 Å². The number of nitrogens with two attached hydrogens (primary N) is 1. The molecular weight excluding hydrogens is 406 g/mol. The zero-order chi connectivity index (χ0) is 21.3.